The molecule has 2 aromatic carbocycles. The van der Waals surface area contributed by atoms with Crippen LogP contribution in [0, 0.1) is 0 Å². The fourth-order valence-corrected chi connectivity index (χ4v) is 6.21. The molecule has 9 heteroatoms. The van der Waals surface area contributed by atoms with E-state index in [2.05, 4.69) is 14.9 Å². The summed E-state index contributed by atoms with van der Waals surface area (Å²) >= 11 is 1.46. The molecule has 2 aromatic heterocycles. The summed E-state index contributed by atoms with van der Waals surface area (Å²) in [5, 5.41) is 3.85. The average Bonchev–Trinajstić information content (AvgIpc) is 3.29. The minimum absolute atomic E-state index is 0.146. The van der Waals surface area contributed by atoms with Crippen LogP contribution >= 0.6 is 11.3 Å². The van der Waals surface area contributed by atoms with Gasteiger partial charge in [-0.05, 0) is 17.2 Å². The molecule has 7 nitrogen and oxygen atoms in total. The Bertz CT molecular complexity index is 1470. The first-order chi connectivity index (χ1) is 16.5. The quantitative estimate of drug-likeness (QED) is 0.443. The van der Waals surface area contributed by atoms with Crippen molar-refractivity contribution in [1.82, 2.24) is 19.2 Å². The number of H-pyrrole nitrogens is 1. The van der Waals surface area contributed by atoms with Gasteiger partial charge in [0.05, 0.1) is 11.9 Å². The Labute approximate surface area is 202 Å². The van der Waals surface area contributed by atoms with Crippen molar-refractivity contribution in [2.45, 2.75) is 6.54 Å². The lowest BCUT2D eigenvalue weighted by atomic mass is 10.1. The third-order valence-electron chi connectivity index (χ3n) is 5.87. The molecule has 0 spiro atoms. The fourth-order valence-electron chi connectivity index (χ4n) is 4.07. The number of nitrogens with one attached hydrogen (secondary N) is 1. The second-order valence-corrected chi connectivity index (χ2v) is 10.8. The Morgan fingerprint density at radius 2 is 1.65 bits per heavy atom. The molecule has 4 aromatic rings. The summed E-state index contributed by atoms with van der Waals surface area (Å²) in [6, 6.07) is 19.2. The maximum absolute atomic E-state index is 12.9. The fraction of sp³-hybridized carbons (Fsp3) is 0.200. The van der Waals surface area contributed by atoms with Crippen LogP contribution < -0.4 is 5.56 Å². The number of rotatable bonds is 6. The molecule has 1 fully saturated rings. The molecule has 34 heavy (non-hydrogen) atoms. The van der Waals surface area contributed by atoms with Crippen molar-refractivity contribution in [2.24, 2.45) is 0 Å². The Balaban J connectivity index is 1.25. The normalized spacial score (nSPS) is 15.9. The highest BCUT2D eigenvalue weighted by Crippen LogP contribution is 2.30. The highest BCUT2D eigenvalue weighted by molar-refractivity contribution is 7.92. The highest BCUT2D eigenvalue weighted by Gasteiger charge is 2.25. The van der Waals surface area contributed by atoms with E-state index >= 15 is 0 Å². The average molecular weight is 493 g/mol. The van der Waals surface area contributed by atoms with Gasteiger partial charge >= 0.3 is 0 Å². The number of hydrogen-bond donors (Lipinski definition) is 1. The van der Waals surface area contributed by atoms with Crippen LogP contribution in [0.5, 0.6) is 0 Å². The van der Waals surface area contributed by atoms with E-state index < -0.39 is 10.0 Å². The van der Waals surface area contributed by atoms with Crippen molar-refractivity contribution in [1.29, 1.82) is 0 Å². The molecular formula is C25H24N4O3S2. The Hall–Kier alpha value is -3.11. The molecule has 3 heterocycles. The summed E-state index contributed by atoms with van der Waals surface area (Å²) in [4.78, 5) is 23.3. The molecule has 174 valence electrons. The maximum Gasteiger partial charge on any atom is 0.260 e. The van der Waals surface area contributed by atoms with Crippen LogP contribution in [-0.2, 0) is 16.6 Å². The zero-order chi connectivity index (χ0) is 23.5. The van der Waals surface area contributed by atoms with Crippen molar-refractivity contribution in [3.8, 4) is 11.1 Å². The van der Waals surface area contributed by atoms with E-state index in [1.807, 2.05) is 66.0 Å². The van der Waals surface area contributed by atoms with Crippen molar-refractivity contribution >= 4 is 37.7 Å². The summed E-state index contributed by atoms with van der Waals surface area (Å²) < 4.78 is 26.9. The van der Waals surface area contributed by atoms with E-state index in [9.17, 15) is 13.2 Å². The van der Waals surface area contributed by atoms with E-state index in [4.69, 9.17) is 0 Å². The van der Waals surface area contributed by atoms with Crippen LogP contribution in [0.15, 0.2) is 76.2 Å². The van der Waals surface area contributed by atoms with Crippen molar-refractivity contribution in [2.75, 3.05) is 26.2 Å². The third-order valence-corrected chi connectivity index (χ3v) is 8.31. The van der Waals surface area contributed by atoms with E-state index in [1.54, 1.807) is 6.08 Å². The maximum atomic E-state index is 12.9. The van der Waals surface area contributed by atoms with Crippen molar-refractivity contribution in [3.63, 3.8) is 0 Å². The largest absolute Gasteiger partial charge is 0.309 e. The highest BCUT2D eigenvalue weighted by atomic mass is 32.2. The molecule has 0 atom stereocenters. The molecule has 1 aliphatic rings. The molecular weight excluding hydrogens is 468 g/mol. The number of thiophene rings is 1. The number of nitrogens with zero attached hydrogens (tertiary/aromatic N) is 3. The molecule has 0 amide bonds. The minimum atomic E-state index is -3.48. The van der Waals surface area contributed by atoms with E-state index in [-0.39, 0.29) is 5.56 Å². The summed E-state index contributed by atoms with van der Waals surface area (Å²) in [6.45, 7) is 2.40. The lowest BCUT2D eigenvalue weighted by molar-refractivity contribution is 0.179. The lowest BCUT2D eigenvalue weighted by Gasteiger charge is -2.32. The van der Waals surface area contributed by atoms with Gasteiger partial charge in [0.1, 0.15) is 10.7 Å². The van der Waals surface area contributed by atoms with Gasteiger partial charge in [0.2, 0.25) is 10.0 Å². The van der Waals surface area contributed by atoms with Crippen LogP contribution in [-0.4, -0.2) is 53.8 Å². The second-order valence-electron chi connectivity index (χ2n) is 8.14. The van der Waals surface area contributed by atoms with Gasteiger partial charge in [0.15, 0.2) is 0 Å². The predicted octanol–water partition coefficient (Wildman–Crippen LogP) is 3.77. The first-order valence-corrected chi connectivity index (χ1v) is 13.4. The Kier molecular flexibility index (Phi) is 6.42. The smallest absolute Gasteiger partial charge is 0.260 e. The van der Waals surface area contributed by atoms with Crippen LogP contribution in [0.2, 0.25) is 0 Å². The van der Waals surface area contributed by atoms with Gasteiger partial charge in [-0.2, -0.15) is 4.31 Å². The molecule has 0 unspecified atom stereocenters. The molecule has 0 radical (unpaired) electrons. The van der Waals surface area contributed by atoms with Crippen molar-refractivity contribution in [3.05, 3.63) is 93.2 Å². The first kappa shape index (κ1) is 22.7. The van der Waals surface area contributed by atoms with Crippen LogP contribution in [0.1, 0.15) is 11.4 Å². The topological polar surface area (TPSA) is 86.4 Å². The number of piperazine rings is 1. The summed E-state index contributed by atoms with van der Waals surface area (Å²) in [6.07, 6.45) is 1.62. The number of hydrogen-bond acceptors (Lipinski definition) is 6. The van der Waals surface area contributed by atoms with Crippen LogP contribution in [0.25, 0.3) is 27.4 Å². The van der Waals surface area contributed by atoms with E-state index in [1.165, 1.54) is 21.1 Å². The van der Waals surface area contributed by atoms with Gasteiger partial charge in [0.25, 0.3) is 5.56 Å². The van der Waals surface area contributed by atoms with Gasteiger partial charge in [-0.25, -0.2) is 13.4 Å². The molecule has 0 bridgehead atoms. The number of sulfonamides is 1. The molecule has 1 N–H and O–H groups in total. The predicted molar refractivity (Wildman–Crippen MR) is 137 cm³/mol. The standard InChI is InChI=1S/C25H24N4O3S2/c30-24-23-21(20-9-5-2-6-10-20)18-33-25(23)27-22(26-24)17-28-12-14-29(15-13-28)34(31,32)16-11-19-7-3-1-4-8-19/h1-11,16,18H,12-15,17H2,(H,26,27,30). The zero-order valence-electron chi connectivity index (χ0n) is 18.4. The molecule has 1 aliphatic heterocycles. The molecule has 1 saturated heterocycles. The van der Waals surface area contributed by atoms with E-state index in [0.29, 0.717) is 48.8 Å². The number of fused-ring (bicyclic) bond motifs is 1. The Morgan fingerprint density at radius 3 is 2.35 bits per heavy atom. The molecule has 0 aliphatic carbocycles. The molecule has 5 rings (SSSR count). The minimum Gasteiger partial charge on any atom is -0.309 e. The second kappa shape index (κ2) is 9.63. The van der Waals surface area contributed by atoms with Crippen molar-refractivity contribution < 1.29 is 8.42 Å². The molecule has 0 saturated carbocycles. The summed E-state index contributed by atoms with van der Waals surface area (Å²) in [5.41, 5.74) is 2.59. The monoisotopic (exact) mass is 492 g/mol. The SMILES string of the molecule is O=c1[nH]c(CN2CCN(S(=O)(=O)C=Cc3ccccc3)CC2)nc2scc(-c3ccccc3)c12. The number of aromatic nitrogens is 2. The van der Waals surface area contributed by atoms with Gasteiger partial charge in [-0.3, -0.25) is 9.69 Å². The van der Waals surface area contributed by atoms with Gasteiger partial charge < -0.3 is 4.98 Å². The van der Waals surface area contributed by atoms with Gasteiger partial charge in [-0.1, -0.05) is 60.7 Å². The zero-order valence-corrected chi connectivity index (χ0v) is 20.1. The van der Waals surface area contributed by atoms with Crippen LogP contribution in [0.3, 0.4) is 0 Å². The van der Waals surface area contributed by atoms with Crippen LogP contribution in [0.4, 0.5) is 0 Å². The lowest BCUT2D eigenvalue weighted by Crippen LogP contribution is -2.47. The first-order valence-electron chi connectivity index (χ1n) is 11.0. The number of benzene rings is 2. The van der Waals surface area contributed by atoms with E-state index in [0.717, 1.165) is 16.7 Å². The van der Waals surface area contributed by atoms with Gasteiger partial charge in [0, 0.05) is 42.5 Å². The summed E-state index contributed by atoms with van der Waals surface area (Å²) in [5.74, 6) is 0.597. The number of aromatic amines is 1. The summed E-state index contributed by atoms with van der Waals surface area (Å²) in [7, 11) is -3.48. The third kappa shape index (κ3) is 4.88. The van der Waals surface area contributed by atoms with Gasteiger partial charge in [-0.15, -0.1) is 11.3 Å². The Morgan fingerprint density at radius 1 is 0.971 bits per heavy atom.